The molecule has 4 nitrogen and oxygen atoms in total. The van der Waals surface area contributed by atoms with Crippen molar-refractivity contribution < 1.29 is 5.11 Å². The zero-order valence-corrected chi connectivity index (χ0v) is 19.1. The van der Waals surface area contributed by atoms with Crippen LogP contribution in [0.5, 0.6) is 0 Å². The number of hydrogen-bond donors (Lipinski definition) is 2. The molecule has 0 aromatic rings. The lowest BCUT2D eigenvalue weighted by Gasteiger charge is -2.23. The normalized spacial score (nSPS) is 19.2. The van der Waals surface area contributed by atoms with Crippen molar-refractivity contribution in [2.24, 2.45) is 11.0 Å². The average molecular weight is 400 g/mol. The third-order valence-electron chi connectivity index (χ3n) is 4.07. The smallest absolute Gasteiger partial charge is 0.0732 e. The number of halogens is 1. The first kappa shape index (κ1) is 28.1. The van der Waals surface area contributed by atoms with E-state index in [4.69, 9.17) is 21.8 Å². The van der Waals surface area contributed by atoms with E-state index in [0.29, 0.717) is 11.0 Å². The van der Waals surface area contributed by atoms with Crippen LogP contribution in [0.25, 0.3) is 0 Å². The van der Waals surface area contributed by atoms with Gasteiger partial charge >= 0.3 is 0 Å². The molecule has 5 heteroatoms. The van der Waals surface area contributed by atoms with Gasteiger partial charge < -0.3 is 10.4 Å². The number of hydrogen-bond acceptors (Lipinski definition) is 4. The second kappa shape index (κ2) is 19.7. The zero-order chi connectivity index (χ0) is 21.1. The molecule has 2 unspecified atom stereocenters. The molecule has 0 aromatic heterocycles. The molecule has 1 heterocycles. The molecule has 2 atom stereocenters. The van der Waals surface area contributed by atoms with Crippen molar-refractivity contribution in [1.29, 1.82) is 0 Å². The molecule has 1 aliphatic heterocycles. The van der Waals surface area contributed by atoms with Gasteiger partial charge in [-0.2, -0.15) is 5.10 Å². The first-order chi connectivity index (χ1) is 13.1. The van der Waals surface area contributed by atoms with E-state index in [1.165, 1.54) is 5.71 Å². The van der Waals surface area contributed by atoms with E-state index in [0.717, 1.165) is 38.8 Å². The van der Waals surface area contributed by atoms with Crippen molar-refractivity contribution in [1.82, 2.24) is 10.3 Å². The molecule has 0 amide bonds. The van der Waals surface area contributed by atoms with E-state index in [2.05, 4.69) is 29.9 Å². The van der Waals surface area contributed by atoms with Crippen molar-refractivity contribution in [3.63, 3.8) is 0 Å². The Balaban J connectivity index is 0. The van der Waals surface area contributed by atoms with Crippen LogP contribution in [0.1, 0.15) is 60.3 Å². The second-order valence-corrected chi connectivity index (χ2v) is 6.25. The van der Waals surface area contributed by atoms with Crippen molar-refractivity contribution in [3.8, 4) is 0 Å². The van der Waals surface area contributed by atoms with Gasteiger partial charge in [0, 0.05) is 42.8 Å². The van der Waals surface area contributed by atoms with Gasteiger partial charge in [0.05, 0.1) is 6.04 Å². The average Bonchev–Trinajstić information content (AvgIpc) is 3.01. The van der Waals surface area contributed by atoms with Crippen LogP contribution in [-0.4, -0.2) is 48.6 Å². The van der Waals surface area contributed by atoms with Gasteiger partial charge in [-0.05, 0) is 32.4 Å². The minimum Gasteiger partial charge on any atom is -0.396 e. The van der Waals surface area contributed by atoms with Gasteiger partial charge in [-0.3, -0.25) is 5.01 Å². The molecule has 1 rings (SSSR count). The summed E-state index contributed by atoms with van der Waals surface area (Å²) in [6.45, 7) is 16.0. The maximum absolute atomic E-state index is 8.90. The maximum Gasteiger partial charge on any atom is 0.0732 e. The summed E-state index contributed by atoms with van der Waals surface area (Å²) < 4.78 is 0. The van der Waals surface area contributed by atoms with Crippen molar-refractivity contribution in [3.05, 3.63) is 35.9 Å². The number of rotatable bonds is 11. The summed E-state index contributed by atoms with van der Waals surface area (Å²) in [5.74, 6) is 0.397. The van der Waals surface area contributed by atoms with Crippen molar-refractivity contribution in [2.45, 2.75) is 66.3 Å². The van der Waals surface area contributed by atoms with E-state index in [1.807, 2.05) is 46.9 Å². The Morgan fingerprint density at radius 3 is 2.48 bits per heavy atom. The third kappa shape index (κ3) is 12.1. The molecule has 2 N–H and O–H groups in total. The van der Waals surface area contributed by atoms with Gasteiger partial charge in [0.25, 0.3) is 0 Å². The van der Waals surface area contributed by atoms with Crippen LogP contribution < -0.4 is 5.32 Å². The lowest BCUT2D eigenvalue weighted by atomic mass is 9.95. The summed E-state index contributed by atoms with van der Waals surface area (Å²) in [6, 6.07) is 0.265. The minimum absolute atomic E-state index is 0.265. The molecular formula is C22H42ClN3O. The van der Waals surface area contributed by atoms with Gasteiger partial charge in [-0.1, -0.05) is 71.0 Å². The molecule has 0 saturated carbocycles. The highest BCUT2D eigenvalue weighted by Crippen LogP contribution is 2.25. The summed E-state index contributed by atoms with van der Waals surface area (Å²) in [5, 5.41) is 19.7. The van der Waals surface area contributed by atoms with E-state index in [9.17, 15) is 0 Å². The van der Waals surface area contributed by atoms with E-state index in [1.54, 1.807) is 6.08 Å². The number of unbranched alkanes of at least 4 members (excludes halogenated alkanes) is 2. The van der Waals surface area contributed by atoms with Crippen LogP contribution in [0, 0.1) is 5.92 Å². The summed E-state index contributed by atoms with van der Waals surface area (Å²) in [4.78, 5) is 0. The van der Waals surface area contributed by atoms with Crippen LogP contribution in [0.4, 0.5) is 0 Å². The van der Waals surface area contributed by atoms with E-state index < -0.39 is 0 Å². The molecule has 0 bridgehead atoms. The highest BCUT2D eigenvalue weighted by molar-refractivity contribution is 6.31. The molecule has 27 heavy (non-hydrogen) atoms. The van der Waals surface area contributed by atoms with Crippen molar-refractivity contribution >= 4 is 17.3 Å². The van der Waals surface area contributed by atoms with Crippen LogP contribution >= 0.6 is 11.6 Å². The van der Waals surface area contributed by atoms with Gasteiger partial charge in [0.2, 0.25) is 0 Å². The SMILES string of the molecule is C=C/C(Cl)=C\C=C\C1C(C)C(CCNC)=NN1CCCCCO.CC.CC. The molecule has 0 spiro atoms. The van der Waals surface area contributed by atoms with Gasteiger partial charge in [-0.25, -0.2) is 0 Å². The first-order valence-corrected chi connectivity index (χ1v) is 10.8. The summed E-state index contributed by atoms with van der Waals surface area (Å²) in [5.41, 5.74) is 1.25. The fourth-order valence-corrected chi connectivity index (χ4v) is 2.74. The lowest BCUT2D eigenvalue weighted by molar-refractivity contribution is 0.231. The number of aliphatic hydroxyl groups excluding tert-OH is 1. The minimum atomic E-state index is 0.265. The summed E-state index contributed by atoms with van der Waals surface area (Å²) in [7, 11) is 1.96. The Morgan fingerprint density at radius 2 is 1.93 bits per heavy atom. The number of nitrogens with one attached hydrogen (secondary N) is 1. The Morgan fingerprint density at radius 1 is 1.26 bits per heavy atom. The fourth-order valence-electron chi connectivity index (χ4n) is 2.67. The Bertz CT molecular complexity index is 447. The number of allylic oxidation sites excluding steroid dienone is 4. The second-order valence-electron chi connectivity index (χ2n) is 5.81. The summed E-state index contributed by atoms with van der Waals surface area (Å²) >= 11 is 5.96. The third-order valence-corrected chi connectivity index (χ3v) is 4.35. The van der Waals surface area contributed by atoms with E-state index >= 15 is 0 Å². The first-order valence-electron chi connectivity index (χ1n) is 10.4. The van der Waals surface area contributed by atoms with Crippen LogP contribution in [0.3, 0.4) is 0 Å². The molecule has 158 valence electrons. The van der Waals surface area contributed by atoms with Crippen molar-refractivity contribution in [2.75, 3.05) is 26.7 Å². The lowest BCUT2D eigenvalue weighted by Crippen LogP contribution is -2.31. The van der Waals surface area contributed by atoms with Gasteiger partial charge in [0.15, 0.2) is 0 Å². The summed E-state index contributed by atoms with van der Waals surface area (Å²) in [6.07, 6.45) is 11.5. The molecule has 0 radical (unpaired) electrons. The molecule has 1 aliphatic rings. The highest BCUT2D eigenvalue weighted by Gasteiger charge is 2.31. The quantitative estimate of drug-likeness (QED) is 0.363. The highest BCUT2D eigenvalue weighted by atomic mass is 35.5. The number of hydrazone groups is 1. The zero-order valence-electron chi connectivity index (χ0n) is 18.3. The predicted molar refractivity (Wildman–Crippen MR) is 123 cm³/mol. The Labute approximate surface area is 173 Å². The van der Waals surface area contributed by atoms with Crippen LogP contribution in [0.2, 0.25) is 0 Å². The van der Waals surface area contributed by atoms with Gasteiger partial charge in [-0.15, -0.1) is 0 Å². The molecule has 0 aromatic carbocycles. The Kier molecular flexibility index (Phi) is 20.5. The van der Waals surface area contributed by atoms with Crippen LogP contribution in [0.15, 0.2) is 41.0 Å². The van der Waals surface area contributed by atoms with Crippen LogP contribution in [-0.2, 0) is 0 Å². The topological polar surface area (TPSA) is 47.9 Å². The van der Waals surface area contributed by atoms with Gasteiger partial charge in [0.1, 0.15) is 0 Å². The van der Waals surface area contributed by atoms with E-state index in [-0.39, 0.29) is 12.6 Å². The predicted octanol–water partition coefficient (Wildman–Crippen LogP) is 5.35. The number of aliphatic hydroxyl groups is 1. The number of nitrogens with zero attached hydrogens (tertiary/aromatic N) is 2. The standard InChI is InChI=1S/C18H30ClN3O.2C2H6/c1-4-16(19)9-8-10-18-15(2)17(11-12-20-3)21-22(18)13-6-5-7-14-23;2*1-2/h4,8-10,15,18,20,23H,1,5-7,11-14H2,2-3H3;2*1-2H3/b10-8+,16-9+;;. The molecule has 0 saturated heterocycles. The maximum atomic E-state index is 8.90. The molecule has 0 fully saturated rings. The largest absolute Gasteiger partial charge is 0.396 e. The Hall–Kier alpha value is -1.10. The monoisotopic (exact) mass is 399 g/mol. The molecular weight excluding hydrogens is 358 g/mol. The fraction of sp³-hybridized carbons (Fsp3) is 0.682. The molecule has 0 aliphatic carbocycles.